The Morgan fingerprint density at radius 1 is 1.16 bits per heavy atom. The van der Waals surface area contributed by atoms with Gasteiger partial charge in [0.25, 0.3) is 5.91 Å². The smallest absolute Gasteiger partial charge is 0.257 e. The number of likely N-dealkylation sites (N-methyl/N-ethyl adjacent to an activating group) is 2. The number of hydrogen-bond donors (Lipinski definition) is 0. The third-order valence-electron chi connectivity index (χ3n) is 5.49. The van der Waals surface area contributed by atoms with Gasteiger partial charge in [-0.25, -0.2) is 0 Å². The minimum absolute atomic E-state index is 0.128. The molecule has 2 saturated heterocycles. The fourth-order valence-electron chi connectivity index (χ4n) is 4.13. The predicted molar refractivity (Wildman–Crippen MR) is 100 cm³/mol. The number of benzene rings is 1. The summed E-state index contributed by atoms with van der Waals surface area (Å²) in [5.74, 6) is 0.836. The Balaban J connectivity index is 1.73. The van der Waals surface area contributed by atoms with Gasteiger partial charge in [-0.3, -0.25) is 4.79 Å². The molecule has 0 N–H and O–H groups in total. The van der Waals surface area contributed by atoms with E-state index in [-0.39, 0.29) is 5.91 Å². The third kappa shape index (κ3) is 4.15. The van der Waals surface area contributed by atoms with Gasteiger partial charge in [-0.15, -0.1) is 0 Å². The van der Waals surface area contributed by atoms with Crippen LogP contribution in [0.25, 0.3) is 0 Å². The number of amides is 1. The number of rotatable bonds is 6. The number of para-hydroxylation sites is 1. The van der Waals surface area contributed by atoms with E-state index in [9.17, 15) is 4.79 Å². The SMILES string of the molecule is CN(C)CCOc1ccccc1C(=O)N1CCC[C@H]1[C@H]1CCCN1C. The Morgan fingerprint density at radius 2 is 1.88 bits per heavy atom. The molecule has 5 heteroatoms. The lowest BCUT2D eigenvalue weighted by atomic mass is 10.0. The van der Waals surface area contributed by atoms with Crippen LogP contribution in [0.1, 0.15) is 36.0 Å². The minimum atomic E-state index is 0.128. The van der Waals surface area contributed by atoms with E-state index in [0.717, 1.165) is 32.5 Å². The van der Waals surface area contributed by atoms with Gasteiger partial charge >= 0.3 is 0 Å². The number of carbonyl (C=O) groups excluding carboxylic acids is 1. The maximum Gasteiger partial charge on any atom is 0.257 e. The van der Waals surface area contributed by atoms with Crippen LogP contribution in [0.15, 0.2) is 24.3 Å². The zero-order valence-corrected chi connectivity index (χ0v) is 15.8. The summed E-state index contributed by atoms with van der Waals surface area (Å²) in [5, 5.41) is 0. The van der Waals surface area contributed by atoms with Crippen molar-refractivity contribution in [3.63, 3.8) is 0 Å². The van der Waals surface area contributed by atoms with Crippen LogP contribution < -0.4 is 4.74 Å². The van der Waals surface area contributed by atoms with Crippen LogP contribution in [-0.4, -0.2) is 80.1 Å². The molecule has 2 aliphatic rings. The second-order valence-corrected chi connectivity index (χ2v) is 7.55. The Hall–Kier alpha value is -1.59. The lowest BCUT2D eigenvalue weighted by Gasteiger charge is -2.33. The van der Waals surface area contributed by atoms with E-state index in [1.807, 2.05) is 38.4 Å². The van der Waals surface area contributed by atoms with Gasteiger partial charge in [-0.2, -0.15) is 0 Å². The Kier molecular flexibility index (Phi) is 5.97. The molecule has 0 aromatic heterocycles. The van der Waals surface area contributed by atoms with Gasteiger partial charge in [-0.1, -0.05) is 12.1 Å². The van der Waals surface area contributed by atoms with Crippen molar-refractivity contribution in [3.8, 4) is 5.75 Å². The maximum atomic E-state index is 13.3. The van der Waals surface area contributed by atoms with Crippen molar-refractivity contribution in [3.05, 3.63) is 29.8 Å². The molecular formula is C20H31N3O2. The van der Waals surface area contributed by atoms with Crippen molar-refractivity contribution in [2.24, 2.45) is 0 Å². The molecule has 0 unspecified atom stereocenters. The summed E-state index contributed by atoms with van der Waals surface area (Å²) in [4.78, 5) is 19.9. The zero-order valence-electron chi connectivity index (χ0n) is 15.8. The fraction of sp³-hybridized carbons (Fsp3) is 0.650. The zero-order chi connectivity index (χ0) is 17.8. The van der Waals surface area contributed by atoms with Gasteiger partial charge in [0.1, 0.15) is 12.4 Å². The number of likely N-dealkylation sites (tertiary alicyclic amines) is 2. The summed E-state index contributed by atoms with van der Waals surface area (Å²) in [6.45, 7) is 3.43. The topological polar surface area (TPSA) is 36.0 Å². The van der Waals surface area contributed by atoms with Crippen molar-refractivity contribution >= 4 is 5.91 Å². The molecule has 1 aromatic carbocycles. The van der Waals surface area contributed by atoms with E-state index in [1.54, 1.807) is 0 Å². The number of carbonyl (C=O) groups is 1. The van der Waals surface area contributed by atoms with Crippen LogP contribution >= 0.6 is 0 Å². The average molecular weight is 345 g/mol. The standard InChI is InChI=1S/C20H31N3O2/c1-21(2)14-15-25-19-11-5-4-8-16(19)20(24)23-13-7-10-18(23)17-9-6-12-22(17)3/h4-5,8,11,17-18H,6-7,9-10,12-15H2,1-3H3/t17-,18+/m1/s1. The number of hydrogen-bond acceptors (Lipinski definition) is 4. The largest absolute Gasteiger partial charge is 0.491 e. The first-order chi connectivity index (χ1) is 12.1. The van der Waals surface area contributed by atoms with Gasteiger partial charge in [0.2, 0.25) is 0 Å². The summed E-state index contributed by atoms with van der Waals surface area (Å²) < 4.78 is 5.91. The lowest BCUT2D eigenvalue weighted by Crippen LogP contribution is -2.47. The molecule has 2 atom stereocenters. The Bertz CT molecular complexity index is 590. The highest BCUT2D eigenvalue weighted by molar-refractivity contribution is 5.97. The quantitative estimate of drug-likeness (QED) is 0.793. The van der Waals surface area contributed by atoms with Crippen molar-refractivity contribution in [1.82, 2.24) is 14.7 Å². The van der Waals surface area contributed by atoms with Crippen LogP contribution in [0.5, 0.6) is 5.75 Å². The van der Waals surface area contributed by atoms with Crippen LogP contribution in [-0.2, 0) is 0 Å². The molecule has 2 heterocycles. The first-order valence-electron chi connectivity index (χ1n) is 9.45. The molecule has 5 nitrogen and oxygen atoms in total. The van der Waals surface area contributed by atoms with Crippen LogP contribution in [0, 0.1) is 0 Å². The first-order valence-corrected chi connectivity index (χ1v) is 9.45. The summed E-state index contributed by atoms with van der Waals surface area (Å²) >= 11 is 0. The van der Waals surface area contributed by atoms with Crippen LogP contribution in [0.4, 0.5) is 0 Å². The average Bonchev–Trinajstić information content (AvgIpc) is 3.22. The first kappa shape index (κ1) is 18.2. The third-order valence-corrected chi connectivity index (χ3v) is 5.49. The van der Waals surface area contributed by atoms with Gasteiger partial charge in [0.05, 0.1) is 5.56 Å². The van der Waals surface area contributed by atoms with E-state index in [2.05, 4.69) is 21.7 Å². The minimum Gasteiger partial charge on any atom is -0.491 e. The maximum absolute atomic E-state index is 13.3. The Morgan fingerprint density at radius 3 is 2.60 bits per heavy atom. The normalized spacial score (nSPS) is 24.2. The summed E-state index contributed by atoms with van der Waals surface area (Å²) in [6, 6.07) is 8.53. The van der Waals surface area contributed by atoms with Crippen molar-refractivity contribution in [2.45, 2.75) is 37.8 Å². The number of nitrogens with zero attached hydrogens (tertiary/aromatic N) is 3. The van der Waals surface area contributed by atoms with Gasteiger partial charge < -0.3 is 19.4 Å². The monoisotopic (exact) mass is 345 g/mol. The fourth-order valence-corrected chi connectivity index (χ4v) is 4.13. The molecule has 25 heavy (non-hydrogen) atoms. The second kappa shape index (κ2) is 8.19. The van der Waals surface area contributed by atoms with Crippen molar-refractivity contribution < 1.29 is 9.53 Å². The van der Waals surface area contributed by atoms with Crippen molar-refractivity contribution in [1.29, 1.82) is 0 Å². The van der Waals surface area contributed by atoms with E-state index in [4.69, 9.17) is 4.74 Å². The molecule has 2 aliphatic heterocycles. The molecule has 0 radical (unpaired) electrons. The molecule has 1 aromatic rings. The second-order valence-electron chi connectivity index (χ2n) is 7.55. The highest BCUT2D eigenvalue weighted by atomic mass is 16.5. The van der Waals surface area contributed by atoms with E-state index in [1.165, 1.54) is 12.8 Å². The summed E-state index contributed by atoms with van der Waals surface area (Å²) in [7, 11) is 6.23. The molecule has 0 aliphatic carbocycles. The Labute approximate surface area is 151 Å². The molecular weight excluding hydrogens is 314 g/mol. The highest BCUT2D eigenvalue weighted by Gasteiger charge is 2.39. The van der Waals surface area contributed by atoms with Gasteiger partial charge in [0, 0.05) is 25.2 Å². The van der Waals surface area contributed by atoms with Crippen molar-refractivity contribution in [2.75, 3.05) is 47.4 Å². The molecule has 0 bridgehead atoms. The van der Waals surface area contributed by atoms with E-state index in [0.29, 0.717) is 30.0 Å². The van der Waals surface area contributed by atoms with Gasteiger partial charge in [0.15, 0.2) is 0 Å². The van der Waals surface area contributed by atoms with Crippen LogP contribution in [0.2, 0.25) is 0 Å². The molecule has 0 spiro atoms. The van der Waals surface area contributed by atoms with E-state index >= 15 is 0 Å². The summed E-state index contributed by atoms with van der Waals surface area (Å²) in [6.07, 6.45) is 4.66. The summed E-state index contributed by atoms with van der Waals surface area (Å²) in [5.41, 5.74) is 0.703. The highest BCUT2D eigenvalue weighted by Crippen LogP contribution is 2.31. The molecule has 138 valence electrons. The molecule has 3 rings (SSSR count). The lowest BCUT2D eigenvalue weighted by molar-refractivity contribution is 0.0660. The van der Waals surface area contributed by atoms with E-state index < -0.39 is 0 Å². The number of ether oxygens (including phenoxy) is 1. The molecule has 0 saturated carbocycles. The molecule has 1 amide bonds. The van der Waals surface area contributed by atoms with Crippen LogP contribution in [0.3, 0.4) is 0 Å². The molecule has 2 fully saturated rings. The van der Waals surface area contributed by atoms with Gasteiger partial charge in [-0.05, 0) is 65.5 Å². The predicted octanol–water partition coefficient (Wildman–Crippen LogP) is 2.33.